The molecule has 1 aliphatic carbocycles. The molecular weight excluding hydrogens is 252 g/mol. The van der Waals surface area contributed by atoms with Gasteiger partial charge < -0.3 is 19.5 Å². The second kappa shape index (κ2) is 7.64. The van der Waals surface area contributed by atoms with Gasteiger partial charge in [-0.25, -0.2) is 4.98 Å². The number of methoxy groups -OCH3 is 1. The van der Waals surface area contributed by atoms with E-state index in [1.807, 2.05) is 12.4 Å². The summed E-state index contributed by atoms with van der Waals surface area (Å²) in [6.45, 7) is 4.84. The maximum atomic E-state index is 5.21. The molecule has 1 heterocycles. The summed E-state index contributed by atoms with van der Waals surface area (Å²) in [5, 5.41) is 3.44. The summed E-state index contributed by atoms with van der Waals surface area (Å²) < 4.78 is 7.35. The van der Waals surface area contributed by atoms with E-state index < -0.39 is 0 Å². The largest absolute Gasteiger partial charge is 0.383 e. The van der Waals surface area contributed by atoms with Crippen LogP contribution >= 0.6 is 0 Å². The number of hydrogen-bond acceptors (Lipinski definition) is 4. The molecule has 0 saturated heterocycles. The van der Waals surface area contributed by atoms with Crippen molar-refractivity contribution in [1.82, 2.24) is 14.5 Å². The van der Waals surface area contributed by atoms with E-state index in [2.05, 4.69) is 33.7 Å². The van der Waals surface area contributed by atoms with Crippen molar-refractivity contribution < 1.29 is 4.74 Å². The van der Waals surface area contributed by atoms with Gasteiger partial charge in [-0.3, -0.25) is 0 Å². The molecule has 1 aliphatic rings. The van der Waals surface area contributed by atoms with Crippen LogP contribution in [0.25, 0.3) is 0 Å². The number of ether oxygens (including phenoxy) is 1. The number of nitrogens with one attached hydrogen (secondary N) is 1. The SMILES string of the molecule is COCC(C)n1ccnc1NCCN(C)C1CCCC1. The molecule has 2 rings (SSSR count). The minimum atomic E-state index is 0.303. The molecule has 0 spiro atoms. The molecule has 114 valence electrons. The fourth-order valence-corrected chi connectivity index (χ4v) is 3.00. The third-order valence-electron chi connectivity index (χ3n) is 4.25. The Morgan fingerprint density at radius 2 is 2.25 bits per heavy atom. The summed E-state index contributed by atoms with van der Waals surface area (Å²) >= 11 is 0. The fourth-order valence-electron chi connectivity index (χ4n) is 3.00. The summed E-state index contributed by atoms with van der Waals surface area (Å²) in [4.78, 5) is 6.87. The molecule has 0 radical (unpaired) electrons. The normalized spacial score (nSPS) is 17.8. The molecule has 1 unspecified atom stereocenters. The first-order valence-corrected chi connectivity index (χ1v) is 7.68. The fraction of sp³-hybridized carbons (Fsp3) is 0.800. The lowest BCUT2D eigenvalue weighted by atomic mass is 10.2. The molecule has 1 N–H and O–H groups in total. The standard InChI is InChI=1S/C15H28N4O/c1-13(12-20-3)19-11-9-17-15(19)16-8-10-18(2)14-6-4-5-7-14/h9,11,13-14H,4-8,10,12H2,1-3H3,(H,16,17). The van der Waals surface area contributed by atoms with Gasteiger partial charge in [0.25, 0.3) is 0 Å². The Labute approximate surface area is 122 Å². The van der Waals surface area contributed by atoms with E-state index >= 15 is 0 Å². The molecule has 0 aliphatic heterocycles. The van der Waals surface area contributed by atoms with Crippen LogP contribution in [-0.4, -0.2) is 54.3 Å². The second-order valence-electron chi connectivity index (χ2n) is 5.81. The summed E-state index contributed by atoms with van der Waals surface area (Å²) in [7, 11) is 3.97. The summed E-state index contributed by atoms with van der Waals surface area (Å²) in [6, 6.07) is 1.08. The quantitative estimate of drug-likeness (QED) is 0.794. The van der Waals surface area contributed by atoms with Crippen molar-refractivity contribution in [3.8, 4) is 0 Å². The van der Waals surface area contributed by atoms with Gasteiger partial charge in [0.1, 0.15) is 0 Å². The van der Waals surface area contributed by atoms with E-state index in [0.29, 0.717) is 12.6 Å². The highest BCUT2D eigenvalue weighted by Gasteiger charge is 2.19. The molecule has 1 aromatic rings. The highest BCUT2D eigenvalue weighted by Crippen LogP contribution is 2.22. The smallest absolute Gasteiger partial charge is 0.203 e. The van der Waals surface area contributed by atoms with Crippen molar-refractivity contribution in [3.05, 3.63) is 12.4 Å². The van der Waals surface area contributed by atoms with E-state index in [4.69, 9.17) is 4.74 Å². The lowest BCUT2D eigenvalue weighted by molar-refractivity contribution is 0.163. The van der Waals surface area contributed by atoms with E-state index in [9.17, 15) is 0 Å². The molecule has 0 aromatic carbocycles. The second-order valence-corrected chi connectivity index (χ2v) is 5.81. The molecular formula is C15H28N4O. The summed E-state index contributed by atoms with van der Waals surface area (Å²) in [5.41, 5.74) is 0. The van der Waals surface area contributed by atoms with E-state index in [0.717, 1.165) is 25.1 Å². The van der Waals surface area contributed by atoms with Gasteiger partial charge in [0.2, 0.25) is 5.95 Å². The monoisotopic (exact) mass is 280 g/mol. The lowest BCUT2D eigenvalue weighted by Crippen LogP contribution is -2.33. The first-order valence-electron chi connectivity index (χ1n) is 7.68. The van der Waals surface area contributed by atoms with Gasteiger partial charge in [-0.1, -0.05) is 12.8 Å². The highest BCUT2D eigenvalue weighted by atomic mass is 16.5. The van der Waals surface area contributed by atoms with Crippen molar-refractivity contribution in [3.63, 3.8) is 0 Å². The molecule has 0 amide bonds. The predicted octanol–water partition coefficient (Wildman–Crippen LogP) is 2.38. The Bertz CT molecular complexity index is 387. The Kier molecular flexibility index (Phi) is 5.86. The third-order valence-corrected chi connectivity index (χ3v) is 4.25. The zero-order chi connectivity index (χ0) is 14.4. The maximum absolute atomic E-state index is 5.21. The van der Waals surface area contributed by atoms with Crippen LogP contribution in [0.15, 0.2) is 12.4 Å². The van der Waals surface area contributed by atoms with Crippen LogP contribution in [0.1, 0.15) is 38.6 Å². The zero-order valence-electron chi connectivity index (χ0n) is 13.0. The van der Waals surface area contributed by atoms with Crippen LogP contribution in [0.5, 0.6) is 0 Å². The molecule has 1 aromatic heterocycles. The third kappa shape index (κ3) is 3.96. The van der Waals surface area contributed by atoms with Crippen LogP contribution in [0.2, 0.25) is 0 Å². The number of rotatable bonds is 8. The first kappa shape index (κ1) is 15.3. The topological polar surface area (TPSA) is 42.3 Å². The van der Waals surface area contributed by atoms with Gasteiger partial charge in [-0.2, -0.15) is 0 Å². The van der Waals surface area contributed by atoms with Crippen molar-refractivity contribution in [2.24, 2.45) is 0 Å². The van der Waals surface area contributed by atoms with Crippen molar-refractivity contribution in [1.29, 1.82) is 0 Å². The minimum absolute atomic E-state index is 0.303. The summed E-state index contributed by atoms with van der Waals surface area (Å²) in [6.07, 6.45) is 9.34. The average Bonchev–Trinajstić information content (AvgIpc) is 3.10. The van der Waals surface area contributed by atoms with E-state index in [1.165, 1.54) is 25.7 Å². The van der Waals surface area contributed by atoms with Crippen LogP contribution in [0.4, 0.5) is 5.95 Å². The van der Waals surface area contributed by atoms with E-state index in [-0.39, 0.29) is 0 Å². The number of hydrogen-bond donors (Lipinski definition) is 1. The van der Waals surface area contributed by atoms with Crippen LogP contribution in [0.3, 0.4) is 0 Å². The maximum Gasteiger partial charge on any atom is 0.203 e. The van der Waals surface area contributed by atoms with Crippen LogP contribution in [0, 0.1) is 0 Å². The minimum Gasteiger partial charge on any atom is -0.383 e. The molecule has 20 heavy (non-hydrogen) atoms. The van der Waals surface area contributed by atoms with Crippen molar-refractivity contribution in [2.75, 3.05) is 39.2 Å². The molecule has 1 saturated carbocycles. The van der Waals surface area contributed by atoms with Gasteiger partial charge in [-0.05, 0) is 26.8 Å². The number of imidazole rings is 1. The molecule has 1 atom stereocenters. The molecule has 1 fully saturated rings. The van der Waals surface area contributed by atoms with Gasteiger partial charge in [0.15, 0.2) is 0 Å². The average molecular weight is 280 g/mol. The van der Waals surface area contributed by atoms with Gasteiger partial charge in [0, 0.05) is 38.6 Å². The van der Waals surface area contributed by atoms with Crippen LogP contribution < -0.4 is 5.32 Å². The Hall–Kier alpha value is -1.07. The Morgan fingerprint density at radius 1 is 1.50 bits per heavy atom. The molecule has 0 bridgehead atoms. The summed E-state index contributed by atoms with van der Waals surface area (Å²) in [5.74, 6) is 0.939. The first-order chi connectivity index (χ1) is 9.72. The highest BCUT2D eigenvalue weighted by molar-refractivity contribution is 5.26. The Morgan fingerprint density at radius 3 is 2.95 bits per heavy atom. The zero-order valence-corrected chi connectivity index (χ0v) is 13.0. The molecule has 5 heteroatoms. The van der Waals surface area contributed by atoms with Gasteiger partial charge in [0.05, 0.1) is 12.6 Å². The Balaban J connectivity index is 1.77. The number of aromatic nitrogens is 2. The lowest BCUT2D eigenvalue weighted by Gasteiger charge is -2.24. The van der Waals surface area contributed by atoms with Crippen molar-refractivity contribution in [2.45, 2.75) is 44.7 Å². The van der Waals surface area contributed by atoms with Gasteiger partial charge >= 0.3 is 0 Å². The van der Waals surface area contributed by atoms with Gasteiger partial charge in [-0.15, -0.1) is 0 Å². The molecule has 5 nitrogen and oxygen atoms in total. The number of anilines is 1. The predicted molar refractivity (Wildman–Crippen MR) is 82.2 cm³/mol. The van der Waals surface area contributed by atoms with E-state index in [1.54, 1.807) is 7.11 Å². The van der Waals surface area contributed by atoms with Crippen LogP contribution in [-0.2, 0) is 4.74 Å². The number of nitrogens with zero attached hydrogens (tertiary/aromatic N) is 3. The number of likely N-dealkylation sites (N-methyl/N-ethyl adjacent to an activating group) is 1. The van der Waals surface area contributed by atoms with Crippen molar-refractivity contribution >= 4 is 5.95 Å².